The maximum Gasteiger partial charge on any atom is 0.351 e. The molecule has 2 heterocycles. The third-order valence-corrected chi connectivity index (χ3v) is 3.53. The van der Waals surface area contributed by atoms with Crippen LogP contribution in [0.1, 0.15) is 0 Å². The number of carbonyl (C=O) groups excluding carboxylic acids is 1. The van der Waals surface area contributed by atoms with E-state index in [-0.39, 0.29) is 12.6 Å². The summed E-state index contributed by atoms with van der Waals surface area (Å²) in [5.41, 5.74) is 0. The van der Waals surface area contributed by atoms with Crippen LogP contribution in [0.3, 0.4) is 0 Å². The number of hydrogen-bond donors (Lipinski definition) is 0. The van der Waals surface area contributed by atoms with Crippen molar-refractivity contribution in [3.05, 3.63) is 24.3 Å². The molecule has 21 heavy (non-hydrogen) atoms. The zero-order chi connectivity index (χ0) is 14.5. The summed E-state index contributed by atoms with van der Waals surface area (Å²) >= 11 is 0. The first-order chi connectivity index (χ1) is 10.3. The normalized spacial score (nSPS) is 21.8. The standard InChI is InChI=1S/C15H19NO5/c17-15(19-10-7-16-5-8-18-9-6-16)14-11-20-12-3-1-2-4-13(12)21-14/h1-4,14H,5-11H2. The van der Waals surface area contributed by atoms with Crippen LogP contribution in [-0.4, -0.2) is 63.0 Å². The molecule has 0 saturated carbocycles. The summed E-state index contributed by atoms with van der Waals surface area (Å²) in [5.74, 6) is 0.867. The van der Waals surface area contributed by atoms with Gasteiger partial charge in [0.25, 0.3) is 0 Å². The van der Waals surface area contributed by atoms with Crippen molar-refractivity contribution in [2.45, 2.75) is 6.10 Å². The molecule has 0 amide bonds. The summed E-state index contributed by atoms with van der Waals surface area (Å²) in [4.78, 5) is 14.2. The van der Waals surface area contributed by atoms with Gasteiger partial charge in [0.05, 0.1) is 13.2 Å². The lowest BCUT2D eigenvalue weighted by Crippen LogP contribution is -2.41. The molecule has 1 unspecified atom stereocenters. The lowest BCUT2D eigenvalue weighted by atomic mass is 10.2. The second kappa shape index (κ2) is 6.78. The minimum Gasteiger partial charge on any atom is -0.485 e. The zero-order valence-corrected chi connectivity index (χ0v) is 11.8. The van der Waals surface area contributed by atoms with E-state index in [9.17, 15) is 4.79 Å². The SMILES string of the molecule is O=C(OCCN1CCOCC1)C1COc2ccccc2O1. The fourth-order valence-corrected chi connectivity index (χ4v) is 2.33. The second-order valence-electron chi connectivity index (χ2n) is 4.99. The van der Waals surface area contributed by atoms with Gasteiger partial charge in [0.1, 0.15) is 13.2 Å². The Morgan fingerprint density at radius 1 is 1.24 bits per heavy atom. The van der Waals surface area contributed by atoms with E-state index < -0.39 is 6.10 Å². The van der Waals surface area contributed by atoms with Gasteiger partial charge < -0.3 is 18.9 Å². The largest absolute Gasteiger partial charge is 0.485 e. The van der Waals surface area contributed by atoms with E-state index in [1.807, 2.05) is 18.2 Å². The fraction of sp³-hybridized carbons (Fsp3) is 0.533. The van der Waals surface area contributed by atoms with Crippen molar-refractivity contribution in [2.24, 2.45) is 0 Å². The molecule has 0 N–H and O–H groups in total. The number of carbonyl (C=O) groups is 1. The van der Waals surface area contributed by atoms with Gasteiger partial charge in [-0.3, -0.25) is 4.90 Å². The van der Waals surface area contributed by atoms with Crippen LogP contribution in [0.25, 0.3) is 0 Å². The molecule has 1 saturated heterocycles. The minimum absolute atomic E-state index is 0.188. The third-order valence-electron chi connectivity index (χ3n) is 3.53. The van der Waals surface area contributed by atoms with E-state index in [2.05, 4.69) is 4.90 Å². The van der Waals surface area contributed by atoms with Crippen LogP contribution in [0.5, 0.6) is 11.5 Å². The van der Waals surface area contributed by atoms with E-state index in [1.54, 1.807) is 6.07 Å². The smallest absolute Gasteiger partial charge is 0.351 e. The predicted molar refractivity (Wildman–Crippen MR) is 74.6 cm³/mol. The number of morpholine rings is 1. The molecule has 1 aromatic carbocycles. The molecule has 0 aliphatic carbocycles. The van der Waals surface area contributed by atoms with Crippen molar-refractivity contribution in [2.75, 3.05) is 46.1 Å². The Morgan fingerprint density at radius 3 is 2.81 bits per heavy atom. The van der Waals surface area contributed by atoms with Gasteiger partial charge in [-0.25, -0.2) is 4.79 Å². The van der Waals surface area contributed by atoms with E-state index in [0.29, 0.717) is 18.1 Å². The van der Waals surface area contributed by atoms with E-state index in [4.69, 9.17) is 18.9 Å². The summed E-state index contributed by atoms with van der Waals surface area (Å²) in [7, 11) is 0. The molecule has 1 atom stereocenters. The molecule has 2 aliphatic rings. The Morgan fingerprint density at radius 2 is 2.00 bits per heavy atom. The Balaban J connectivity index is 1.44. The Labute approximate surface area is 123 Å². The number of nitrogens with zero attached hydrogens (tertiary/aromatic N) is 1. The van der Waals surface area contributed by atoms with Gasteiger partial charge in [-0.05, 0) is 12.1 Å². The number of rotatable bonds is 4. The Kier molecular flexibility index (Phi) is 4.57. The van der Waals surface area contributed by atoms with Crippen LogP contribution in [0.15, 0.2) is 24.3 Å². The molecular formula is C15H19NO5. The van der Waals surface area contributed by atoms with E-state index in [1.165, 1.54) is 0 Å². The molecule has 6 heteroatoms. The second-order valence-corrected chi connectivity index (χ2v) is 4.99. The average Bonchev–Trinajstić information content (AvgIpc) is 2.55. The quantitative estimate of drug-likeness (QED) is 0.762. The number of ether oxygens (including phenoxy) is 4. The van der Waals surface area contributed by atoms with Crippen LogP contribution < -0.4 is 9.47 Å². The maximum atomic E-state index is 12.0. The summed E-state index contributed by atoms with van der Waals surface area (Å²) in [5, 5.41) is 0. The summed E-state index contributed by atoms with van der Waals surface area (Å²) < 4.78 is 21.6. The molecule has 0 radical (unpaired) electrons. The molecule has 3 rings (SSSR count). The van der Waals surface area contributed by atoms with E-state index in [0.717, 1.165) is 32.8 Å². The van der Waals surface area contributed by atoms with Gasteiger partial charge in [-0.2, -0.15) is 0 Å². The molecule has 0 aromatic heterocycles. The van der Waals surface area contributed by atoms with Gasteiger partial charge >= 0.3 is 5.97 Å². The monoisotopic (exact) mass is 293 g/mol. The van der Waals surface area contributed by atoms with Gasteiger partial charge in [0, 0.05) is 19.6 Å². The highest BCUT2D eigenvalue weighted by Crippen LogP contribution is 2.31. The number of para-hydroxylation sites is 2. The van der Waals surface area contributed by atoms with Crippen LogP contribution in [0.2, 0.25) is 0 Å². The average molecular weight is 293 g/mol. The zero-order valence-electron chi connectivity index (χ0n) is 11.8. The Bertz CT molecular complexity index is 487. The number of benzene rings is 1. The molecule has 1 aromatic rings. The van der Waals surface area contributed by atoms with Crippen molar-refractivity contribution < 1.29 is 23.7 Å². The van der Waals surface area contributed by atoms with Crippen LogP contribution in [-0.2, 0) is 14.3 Å². The van der Waals surface area contributed by atoms with Crippen molar-refractivity contribution in [3.63, 3.8) is 0 Å². The maximum absolute atomic E-state index is 12.0. The summed E-state index contributed by atoms with van der Waals surface area (Å²) in [6, 6.07) is 7.30. The van der Waals surface area contributed by atoms with Crippen LogP contribution in [0.4, 0.5) is 0 Å². The Hall–Kier alpha value is -1.79. The van der Waals surface area contributed by atoms with Crippen molar-refractivity contribution in [1.82, 2.24) is 4.90 Å². The van der Waals surface area contributed by atoms with Gasteiger partial charge in [0.2, 0.25) is 6.10 Å². The first-order valence-electron chi connectivity index (χ1n) is 7.18. The minimum atomic E-state index is -0.690. The fourth-order valence-electron chi connectivity index (χ4n) is 2.33. The molecule has 1 fully saturated rings. The number of fused-ring (bicyclic) bond motifs is 1. The summed E-state index contributed by atoms with van der Waals surface area (Å²) in [6.07, 6.45) is -0.690. The first-order valence-corrected chi connectivity index (χ1v) is 7.18. The molecule has 0 spiro atoms. The highest BCUT2D eigenvalue weighted by atomic mass is 16.6. The lowest BCUT2D eigenvalue weighted by molar-refractivity contribution is -0.155. The molecule has 2 aliphatic heterocycles. The summed E-state index contributed by atoms with van der Waals surface area (Å²) in [6.45, 7) is 4.52. The first kappa shape index (κ1) is 14.2. The van der Waals surface area contributed by atoms with Crippen molar-refractivity contribution in [3.8, 4) is 11.5 Å². The third kappa shape index (κ3) is 3.65. The highest BCUT2D eigenvalue weighted by Gasteiger charge is 2.28. The lowest BCUT2D eigenvalue weighted by Gasteiger charge is -2.27. The molecule has 6 nitrogen and oxygen atoms in total. The van der Waals surface area contributed by atoms with Crippen LogP contribution >= 0.6 is 0 Å². The number of esters is 1. The van der Waals surface area contributed by atoms with Gasteiger partial charge in [0.15, 0.2) is 11.5 Å². The van der Waals surface area contributed by atoms with Gasteiger partial charge in [-0.1, -0.05) is 12.1 Å². The van der Waals surface area contributed by atoms with Crippen molar-refractivity contribution in [1.29, 1.82) is 0 Å². The van der Waals surface area contributed by atoms with E-state index >= 15 is 0 Å². The molecular weight excluding hydrogens is 274 g/mol. The van der Waals surface area contributed by atoms with Crippen LogP contribution in [0, 0.1) is 0 Å². The highest BCUT2D eigenvalue weighted by molar-refractivity contribution is 5.76. The topological polar surface area (TPSA) is 57.2 Å². The molecule has 0 bridgehead atoms. The predicted octanol–water partition coefficient (Wildman–Crippen LogP) is 0.702. The van der Waals surface area contributed by atoms with Gasteiger partial charge in [-0.15, -0.1) is 0 Å². The van der Waals surface area contributed by atoms with Crippen molar-refractivity contribution >= 4 is 5.97 Å². The molecule has 114 valence electrons. The number of hydrogen-bond acceptors (Lipinski definition) is 6.